The van der Waals surface area contributed by atoms with Crippen molar-refractivity contribution in [2.24, 2.45) is 17.8 Å². The molecule has 1 saturated carbocycles. The average molecular weight is 356 g/mol. The molecule has 25 heavy (non-hydrogen) atoms. The van der Waals surface area contributed by atoms with E-state index in [1.807, 2.05) is 0 Å². The van der Waals surface area contributed by atoms with Gasteiger partial charge in [0.15, 0.2) is 0 Å². The smallest absolute Gasteiger partial charge is 0.0404 e. The fourth-order valence-corrected chi connectivity index (χ4v) is 6.81. The Morgan fingerprint density at radius 3 is 2.52 bits per heavy atom. The molecule has 1 aliphatic carbocycles. The summed E-state index contributed by atoms with van der Waals surface area (Å²) in [5, 5.41) is 0.646. The van der Waals surface area contributed by atoms with Gasteiger partial charge < -0.3 is 4.90 Å². The number of nitrogens with zero attached hydrogens (tertiary/aromatic N) is 1. The molecule has 4 rings (SSSR count). The number of rotatable bonds is 5. The van der Waals surface area contributed by atoms with Gasteiger partial charge in [0, 0.05) is 5.25 Å². The molecule has 2 heteroatoms. The molecule has 0 radical (unpaired) electrons. The minimum Gasteiger partial charge on any atom is -0.303 e. The van der Waals surface area contributed by atoms with Crippen LogP contribution in [0.5, 0.6) is 0 Å². The molecule has 2 aliphatic heterocycles. The third kappa shape index (κ3) is 4.17. The van der Waals surface area contributed by atoms with Gasteiger partial charge in [-0.05, 0) is 73.5 Å². The van der Waals surface area contributed by atoms with Crippen LogP contribution in [-0.4, -0.2) is 24.5 Å². The second-order valence-electron chi connectivity index (χ2n) is 8.39. The lowest BCUT2D eigenvalue weighted by molar-refractivity contribution is 0.300. The van der Waals surface area contributed by atoms with E-state index in [1.54, 1.807) is 4.91 Å². The summed E-state index contributed by atoms with van der Waals surface area (Å²) >= 11 is 2.21. The monoisotopic (exact) mass is 355 g/mol. The molecule has 3 aliphatic rings. The highest BCUT2D eigenvalue weighted by Gasteiger charge is 2.35. The minimum atomic E-state index is 0.646. The lowest BCUT2D eigenvalue weighted by Gasteiger charge is -2.30. The van der Waals surface area contributed by atoms with Gasteiger partial charge in [-0.3, -0.25) is 0 Å². The molecular weight excluding hydrogens is 322 g/mol. The van der Waals surface area contributed by atoms with Crippen LogP contribution >= 0.6 is 11.8 Å². The maximum atomic E-state index is 2.70. The average Bonchev–Trinajstić information content (AvgIpc) is 3.31. The predicted octanol–water partition coefficient (Wildman–Crippen LogP) is 6.29. The molecular formula is C23H33NS. The summed E-state index contributed by atoms with van der Waals surface area (Å²) in [7, 11) is 0. The van der Waals surface area contributed by atoms with Crippen molar-refractivity contribution in [1.29, 1.82) is 0 Å². The van der Waals surface area contributed by atoms with Gasteiger partial charge in [-0.1, -0.05) is 62.6 Å². The number of benzene rings is 1. The van der Waals surface area contributed by atoms with Gasteiger partial charge in [-0.15, -0.1) is 11.8 Å². The molecule has 4 atom stereocenters. The van der Waals surface area contributed by atoms with Crippen molar-refractivity contribution in [1.82, 2.24) is 4.90 Å². The normalized spacial score (nSPS) is 33.6. The van der Waals surface area contributed by atoms with E-state index in [0.29, 0.717) is 5.25 Å². The summed E-state index contributed by atoms with van der Waals surface area (Å²) in [5.74, 6) is 2.43. The van der Waals surface area contributed by atoms with Gasteiger partial charge in [0.2, 0.25) is 0 Å². The van der Waals surface area contributed by atoms with E-state index in [-0.39, 0.29) is 0 Å². The van der Waals surface area contributed by atoms with Crippen LogP contribution in [0.15, 0.2) is 41.3 Å². The first-order valence-electron chi connectivity index (χ1n) is 10.5. The Labute approximate surface area is 158 Å². The minimum absolute atomic E-state index is 0.646. The quantitative estimate of drug-likeness (QED) is 0.611. The summed E-state index contributed by atoms with van der Waals surface area (Å²) in [5.41, 5.74) is 1.54. The Hall–Kier alpha value is -0.730. The van der Waals surface area contributed by atoms with E-state index in [9.17, 15) is 0 Å². The van der Waals surface area contributed by atoms with Gasteiger partial charge in [-0.25, -0.2) is 0 Å². The van der Waals surface area contributed by atoms with E-state index in [4.69, 9.17) is 0 Å². The fraction of sp³-hybridized carbons (Fsp3) is 0.652. The Morgan fingerprint density at radius 1 is 1.00 bits per heavy atom. The third-order valence-electron chi connectivity index (χ3n) is 6.61. The van der Waals surface area contributed by atoms with E-state index in [0.717, 1.165) is 17.8 Å². The van der Waals surface area contributed by atoms with E-state index in [1.165, 1.54) is 70.1 Å². The Morgan fingerprint density at radius 2 is 1.76 bits per heavy atom. The fourth-order valence-electron chi connectivity index (χ4n) is 5.05. The van der Waals surface area contributed by atoms with Gasteiger partial charge in [0.05, 0.1) is 0 Å². The van der Waals surface area contributed by atoms with E-state index in [2.05, 4.69) is 60.0 Å². The molecule has 2 fully saturated rings. The van der Waals surface area contributed by atoms with Crippen LogP contribution in [0.2, 0.25) is 0 Å². The summed E-state index contributed by atoms with van der Waals surface area (Å²) in [6.07, 6.45) is 12.6. The molecule has 0 aromatic heterocycles. The number of hydrogen-bond acceptors (Lipinski definition) is 2. The van der Waals surface area contributed by atoms with Crippen LogP contribution in [-0.2, 0) is 0 Å². The zero-order valence-electron chi connectivity index (χ0n) is 15.7. The van der Waals surface area contributed by atoms with Gasteiger partial charge in [0.25, 0.3) is 0 Å². The molecule has 1 aromatic rings. The molecule has 0 amide bonds. The summed E-state index contributed by atoms with van der Waals surface area (Å²) in [6, 6.07) is 11.3. The van der Waals surface area contributed by atoms with Gasteiger partial charge in [-0.2, -0.15) is 0 Å². The lowest BCUT2D eigenvalue weighted by Crippen LogP contribution is -2.23. The largest absolute Gasteiger partial charge is 0.303 e. The SMILES string of the molecule is CC1CCCCC1C1=CC(CCN2CCCC2)C(c2ccccc2)S1. The zero-order chi connectivity index (χ0) is 17.1. The van der Waals surface area contributed by atoms with Crippen LogP contribution in [0.3, 0.4) is 0 Å². The number of likely N-dealkylation sites (tertiary alicyclic amines) is 1. The van der Waals surface area contributed by atoms with Crippen molar-refractivity contribution in [3.63, 3.8) is 0 Å². The molecule has 136 valence electrons. The molecule has 1 saturated heterocycles. The summed E-state index contributed by atoms with van der Waals surface area (Å²) < 4.78 is 0. The topological polar surface area (TPSA) is 3.24 Å². The molecule has 0 N–H and O–H groups in total. The summed E-state index contributed by atoms with van der Waals surface area (Å²) in [4.78, 5) is 4.41. The van der Waals surface area contributed by atoms with Crippen LogP contribution in [0.4, 0.5) is 0 Å². The third-order valence-corrected chi connectivity index (χ3v) is 8.20. The Kier molecular flexibility index (Phi) is 5.87. The number of thioether (sulfide) groups is 1. The van der Waals surface area contributed by atoms with Crippen molar-refractivity contribution < 1.29 is 0 Å². The molecule has 1 nitrogen and oxygen atoms in total. The predicted molar refractivity (Wildman–Crippen MR) is 110 cm³/mol. The lowest BCUT2D eigenvalue weighted by atomic mass is 9.79. The van der Waals surface area contributed by atoms with Crippen LogP contribution in [0, 0.1) is 17.8 Å². The zero-order valence-corrected chi connectivity index (χ0v) is 16.5. The first kappa shape index (κ1) is 17.7. The Balaban J connectivity index is 1.49. The molecule has 1 aromatic carbocycles. The van der Waals surface area contributed by atoms with Crippen molar-refractivity contribution in [3.05, 3.63) is 46.9 Å². The molecule has 0 bridgehead atoms. The van der Waals surface area contributed by atoms with Crippen LogP contribution in [0.25, 0.3) is 0 Å². The van der Waals surface area contributed by atoms with Crippen molar-refractivity contribution >= 4 is 11.8 Å². The second-order valence-corrected chi connectivity index (χ2v) is 9.60. The molecule has 2 heterocycles. The highest BCUT2D eigenvalue weighted by Crippen LogP contribution is 2.54. The van der Waals surface area contributed by atoms with Crippen LogP contribution in [0.1, 0.15) is 62.7 Å². The van der Waals surface area contributed by atoms with E-state index >= 15 is 0 Å². The van der Waals surface area contributed by atoms with Gasteiger partial charge in [0.1, 0.15) is 0 Å². The molecule has 4 unspecified atom stereocenters. The Bertz CT molecular complexity index is 575. The van der Waals surface area contributed by atoms with E-state index < -0.39 is 0 Å². The van der Waals surface area contributed by atoms with Crippen LogP contribution < -0.4 is 0 Å². The first-order valence-corrected chi connectivity index (χ1v) is 11.3. The van der Waals surface area contributed by atoms with Crippen molar-refractivity contribution in [2.45, 2.75) is 57.1 Å². The van der Waals surface area contributed by atoms with Crippen molar-refractivity contribution in [2.75, 3.05) is 19.6 Å². The second kappa shape index (κ2) is 8.31. The molecule has 0 spiro atoms. The first-order chi connectivity index (χ1) is 12.3. The standard InChI is InChI=1S/C23H33NS/c1-18-9-5-6-12-21(18)22-17-20(13-16-24-14-7-8-15-24)23(25-22)19-10-3-2-4-11-19/h2-4,10-11,17-18,20-21,23H,5-9,12-16H2,1H3. The van der Waals surface area contributed by atoms with Crippen molar-refractivity contribution in [3.8, 4) is 0 Å². The highest BCUT2D eigenvalue weighted by molar-refractivity contribution is 8.03. The maximum Gasteiger partial charge on any atom is 0.0404 e. The number of allylic oxidation sites excluding steroid dienone is 2. The van der Waals surface area contributed by atoms with Gasteiger partial charge >= 0.3 is 0 Å². The number of hydrogen-bond donors (Lipinski definition) is 0. The maximum absolute atomic E-state index is 2.70. The highest BCUT2D eigenvalue weighted by atomic mass is 32.2. The summed E-state index contributed by atoms with van der Waals surface area (Å²) in [6.45, 7) is 6.43.